The van der Waals surface area contributed by atoms with Gasteiger partial charge in [-0.2, -0.15) is 18.4 Å². The maximum Gasteiger partial charge on any atom is 0.419 e. The van der Waals surface area contributed by atoms with Gasteiger partial charge >= 0.3 is 6.18 Å². The van der Waals surface area contributed by atoms with Crippen LogP contribution in [-0.2, 0) is 11.0 Å². The summed E-state index contributed by atoms with van der Waals surface area (Å²) in [5, 5.41) is 11.2. The van der Waals surface area contributed by atoms with Crippen molar-refractivity contribution in [3.8, 4) is 6.07 Å². The second-order valence-corrected chi connectivity index (χ2v) is 4.69. The van der Waals surface area contributed by atoms with E-state index in [9.17, 15) is 22.4 Å². The molecule has 0 aliphatic heterocycles. The van der Waals surface area contributed by atoms with Crippen molar-refractivity contribution in [1.29, 1.82) is 5.26 Å². The molecule has 1 amide bonds. The zero-order chi connectivity index (χ0) is 15.0. The monoisotopic (exact) mass is 286 g/mol. The van der Waals surface area contributed by atoms with Gasteiger partial charge in [-0.3, -0.25) is 4.79 Å². The van der Waals surface area contributed by atoms with E-state index in [0.29, 0.717) is 25.0 Å². The summed E-state index contributed by atoms with van der Waals surface area (Å²) in [6.07, 6.45) is -3.36. The summed E-state index contributed by atoms with van der Waals surface area (Å²) in [6, 6.07) is 4.08. The number of carbonyl (C=O) groups excluding carboxylic acids is 1. The molecule has 106 valence electrons. The molecule has 3 nitrogen and oxygen atoms in total. The van der Waals surface area contributed by atoms with E-state index in [-0.39, 0.29) is 5.69 Å². The average molecular weight is 286 g/mol. The van der Waals surface area contributed by atoms with E-state index in [1.807, 2.05) is 6.07 Å². The summed E-state index contributed by atoms with van der Waals surface area (Å²) in [7, 11) is 0. The molecule has 1 saturated carbocycles. The van der Waals surface area contributed by atoms with E-state index in [0.717, 1.165) is 12.5 Å². The fourth-order valence-corrected chi connectivity index (χ4v) is 1.99. The number of hydrogen-bond acceptors (Lipinski definition) is 2. The van der Waals surface area contributed by atoms with Crippen molar-refractivity contribution in [2.45, 2.75) is 25.4 Å². The second-order valence-electron chi connectivity index (χ2n) is 4.69. The van der Waals surface area contributed by atoms with Crippen LogP contribution in [0.4, 0.5) is 23.2 Å². The first-order chi connectivity index (χ1) is 9.28. The molecule has 0 atom stereocenters. The molecule has 1 aliphatic carbocycles. The molecule has 0 unspecified atom stereocenters. The van der Waals surface area contributed by atoms with Crippen molar-refractivity contribution >= 4 is 11.6 Å². The van der Waals surface area contributed by atoms with Crippen LogP contribution in [0.15, 0.2) is 18.2 Å². The lowest BCUT2D eigenvalue weighted by Gasteiger charge is -2.33. The van der Waals surface area contributed by atoms with Crippen molar-refractivity contribution < 1.29 is 22.4 Å². The van der Waals surface area contributed by atoms with Gasteiger partial charge in [0.25, 0.3) is 0 Å². The molecule has 7 heteroatoms. The lowest BCUT2D eigenvalue weighted by Crippen LogP contribution is -2.40. The molecular formula is C13H10F4N2O. The Kier molecular flexibility index (Phi) is 3.42. The van der Waals surface area contributed by atoms with Crippen LogP contribution in [0.2, 0.25) is 0 Å². The SMILES string of the molecule is N#CC1(C(=O)Nc2ccc(F)c(C(F)(F)F)c2)CCC1. The van der Waals surface area contributed by atoms with E-state index in [4.69, 9.17) is 5.26 Å². The van der Waals surface area contributed by atoms with Crippen molar-refractivity contribution in [3.63, 3.8) is 0 Å². The molecular weight excluding hydrogens is 276 g/mol. The molecule has 1 aromatic carbocycles. The maximum atomic E-state index is 13.1. The number of nitriles is 1. The van der Waals surface area contributed by atoms with E-state index in [2.05, 4.69) is 5.32 Å². The van der Waals surface area contributed by atoms with Crippen molar-refractivity contribution in [2.75, 3.05) is 5.32 Å². The minimum Gasteiger partial charge on any atom is -0.325 e. The molecule has 0 saturated heterocycles. The fourth-order valence-electron chi connectivity index (χ4n) is 1.99. The van der Waals surface area contributed by atoms with Crippen molar-refractivity contribution in [1.82, 2.24) is 0 Å². The van der Waals surface area contributed by atoms with Gasteiger partial charge in [0, 0.05) is 5.69 Å². The highest BCUT2D eigenvalue weighted by Crippen LogP contribution is 2.41. The molecule has 0 bridgehead atoms. The highest BCUT2D eigenvalue weighted by Gasteiger charge is 2.44. The number of anilines is 1. The third-order valence-electron chi connectivity index (χ3n) is 3.39. The van der Waals surface area contributed by atoms with Crippen LogP contribution < -0.4 is 5.32 Å². The molecule has 20 heavy (non-hydrogen) atoms. The van der Waals surface area contributed by atoms with Gasteiger partial charge in [0.15, 0.2) is 0 Å². The number of amides is 1. The summed E-state index contributed by atoms with van der Waals surface area (Å²) in [5.41, 5.74) is -2.80. The first kappa shape index (κ1) is 14.3. The Labute approximate surface area is 112 Å². The van der Waals surface area contributed by atoms with Gasteiger partial charge in [-0.25, -0.2) is 4.39 Å². The normalized spacial score (nSPS) is 16.9. The number of hydrogen-bond donors (Lipinski definition) is 1. The Bertz CT molecular complexity index is 585. The van der Waals surface area contributed by atoms with E-state index in [1.54, 1.807) is 0 Å². The van der Waals surface area contributed by atoms with Crippen LogP contribution >= 0.6 is 0 Å². The van der Waals surface area contributed by atoms with Crippen LogP contribution in [0.5, 0.6) is 0 Å². The number of rotatable bonds is 2. The topological polar surface area (TPSA) is 52.9 Å². The van der Waals surface area contributed by atoms with Gasteiger partial charge < -0.3 is 5.32 Å². The Hall–Kier alpha value is -2.10. The number of nitrogens with one attached hydrogen (secondary N) is 1. The molecule has 0 spiro atoms. The highest BCUT2D eigenvalue weighted by atomic mass is 19.4. The van der Waals surface area contributed by atoms with Gasteiger partial charge in [0.1, 0.15) is 11.2 Å². The largest absolute Gasteiger partial charge is 0.419 e. The van der Waals surface area contributed by atoms with Gasteiger partial charge in [0.05, 0.1) is 11.6 Å². The van der Waals surface area contributed by atoms with Crippen LogP contribution in [0.25, 0.3) is 0 Å². The number of halogens is 4. The molecule has 0 aromatic heterocycles. The molecule has 1 fully saturated rings. The summed E-state index contributed by atoms with van der Waals surface area (Å²) >= 11 is 0. The van der Waals surface area contributed by atoms with Crippen molar-refractivity contribution in [3.05, 3.63) is 29.6 Å². The first-order valence-corrected chi connectivity index (χ1v) is 5.88. The van der Waals surface area contributed by atoms with Crippen LogP contribution in [0.1, 0.15) is 24.8 Å². The Morgan fingerprint density at radius 2 is 2.00 bits per heavy atom. The predicted octanol–water partition coefficient (Wildman–Crippen LogP) is 3.48. The van der Waals surface area contributed by atoms with E-state index >= 15 is 0 Å². The average Bonchev–Trinajstić information content (AvgIpc) is 2.29. The highest BCUT2D eigenvalue weighted by molar-refractivity contribution is 5.97. The first-order valence-electron chi connectivity index (χ1n) is 5.88. The molecule has 1 N–H and O–H groups in total. The summed E-state index contributed by atoms with van der Waals surface area (Å²) in [6.45, 7) is 0. The van der Waals surface area contributed by atoms with Gasteiger partial charge in [0.2, 0.25) is 5.91 Å². The fraction of sp³-hybridized carbons (Fsp3) is 0.385. The Morgan fingerprint density at radius 1 is 1.35 bits per heavy atom. The number of benzene rings is 1. The molecule has 1 aliphatic rings. The summed E-state index contributed by atoms with van der Waals surface area (Å²) in [4.78, 5) is 11.9. The molecule has 2 rings (SSSR count). The lowest BCUT2D eigenvalue weighted by atomic mass is 9.69. The molecule has 0 heterocycles. The van der Waals surface area contributed by atoms with Gasteiger partial charge in [-0.05, 0) is 37.5 Å². The van der Waals surface area contributed by atoms with Crippen molar-refractivity contribution in [2.24, 2.45) is 5.41 Å². The summed E-state index contributed by atoms with van der Waals surface area (Å²) in [5.74, 6) is -2.06. The zero-order valence-corrected chi connectivity index (χ0v) is 10.2. The zero-order valence-electron chi connectivity index (χ0n) is 10.2. The van der Waals surface area contributed by atoms with Crippen LogP contribution in [-0.4, -0.2) is 5.91 Å². The predicted molar refractivity (Wildman–Crippen MR) is 61.9 cm³/mol. The summed E-state index contributed by atoms with van der Waals surface area (Å²) < 4.78 is 50.7. The molecule has 1 aromatic rings. The number of carbonyl (C=O) groups is 1. The maximum absolute atomic E-state index is 13.1. The minimum atomic E-state index is -4.84. The van der Waals surface area contributed by atoms with E-state index in [1.165, 1.54) is 0 Å². The van der Waals surface area contributed by atoms with Crippen LogP contribution in [0.3, 0.4) is 0 Å². The Morgan fingerprint density at radius 3 is 2.45 bits per heavy atom. The number of alkyl halides is 3. The minimum absolute atomic E-state index is 0.176. The number of nitrogens with zero attached hydrogens (tertiary/aromatic N) is 1. The molecule has 0 radical (unpaired) electrons. The third-order valence-corrected chi connectivity index (χ3v) is 3.39. The lowest BCUT2D eigenvalue weighted by molar-refractivity contribution is -0.140. The van der Waals surface area contributed by atoms with Gasteiger partial charge in [-0.15, -0.1) is 0 Å². The Balaban J connectivity index is 2.23. The second kappa shape index (κ2) is 4.78. The third kappa shape index (κ3) is 2.46. The smallest absolute Gasteiger partial charge is 0.325 e. The van der Waals surface area contributed by atoms with Crippen LogP contribution in [0, 0.1) is 22.6 Å². The van der Waals surface area contributed by atoms with Gasteiger partial charge in [-0.1, -0.05) is 0 Å². The van der Waals surface area contributed by atoms with E-state index < -0.39 is 28.9 Å². The standard InChI is InChI=1S/C13H10F4N2O/c14-10-3-2-8(6-9(10)13(15,16)17)19-11(20)12(7-18)4-1-5-12/h2-3,6H,1,4-5H2,(H,19,20). The quantitative estimate of drug-likeness (QED) is 0.846.